The minimum Gasteiger partial charge on any atom is -0.465 e. The lowest BCUT2D eigenvalue weighted by Crippen LogP contribution is -2.55. The van der Waals surface area contributed by atoms with Crippen molar-refractivity contribution in [2.24, 2.45) is 5.92 Å². The molecule has 5 N–H and O–H groups in total. The van der Waals surface area contributed by atoms with E-state index in [0.717, 1.165) is 16.2 Å². The van der Waals surface area contributed by atoms with Gasteiger partial charge in [0.25, 0.3) is 0 Å². The fourth-order valence-electron chi connectivity index (χ4n) is 3.48. The van der Waals surface area contributed by atoms with Gasteiger partial charge in [-0.15, -0.1) is 19.0 Å². The molecular weight excluding hydrogens is 424 g/mol. The molecule has 9 nitrogen and oxygen atoms in total. The van der Waals surface area contributed by atoms with Gasteiger partial charge in [0.1, 0.15) is 12.1 Å². The lowest BCUT2D eigenvalue weighted by Gasteiger charge is -2.31. The summed E-state index contributed by atoms with van der Waals surface area (Å²) in [5.74, 6) is -1.26. The molecule has 1 aliphatic heterocycles. The van der Waals surface area contributed by atoms with E-state index < -0.39 is 30.0 Å². The molecule has 0 saturated heterocycles. The Morgan fingerprint density at radius 1 is 1.29 bits per heavy atom. The quantitative estimate of drug-likeness (QED) is 0.363. The molecule has 0 fully saturated rings. The molecule has 0 aromatic heterocycles. The van der Waals surface area contributed by atoms with Gasteiger partial charge in [0.15, 0.2) is 0 Å². The molecule has 0 saturated carbocycles. The van der Waals surface area contributed by atoms with Crippen molar-refractivity contribution in [3.05, 3.63) is 36.4 Å². The zero-order valence-electron chi connectivity index (χ0n) is 17.9. The first-order valence-electron chi connectivity index (χ1n) is 9.89. The number of fused-ring (bicyclic) bond motifs is 1. The molecule has 31 heavy (non-hydrogen) atoms. The van der Waals surface area contributed by atoms with Crippen molar-refractivity contribution in [2.75, 3.05) is 23.8 Å². The molecule has 1 aromatic carbocycles. The lowest BCUT2D eigenvalue weighted by molar-refractivity contribution is -0.130. The number of rotatable bonds is 9. The van der Waals surface area contributed by atoms with Crippen molar-refractivity contribution in [1.29, 1.82) is 0 Å². The smallest absolute Gasteiger partial charge is 0.408 e. The second-order valence-corrected chi connectivity index (χ2v) is 7.73. The zero-order chi connectivity index (χ0) is 22.4. The summed E-state index contributed by atoms with van der Waals surface area (Å²) in [4.78, 5) is 37.8. The number of benzene rings is 1. The molecule has 3 atom stereocenters. The van der Waals surface area contributed by atoms with E-state index >= 15 is 0 Å². The number of nitrogens with one attached hydrogen (secondary N) is 3. The third-order valence-electron chi connectivity index (χ3n) is 4.98. The van der Waals surface area contributed by atoms with Crippen LogP contribution in [0.1, 0.15) is 26.3 Å². The van der Waals surface area contributed by atoms with Crippen molar-refractivity contribution in [2.45, 2.75) is 45.3 Å². The minimum absolute atomic E-state index is 0. The maximum Gasteiger partial charge on any atom is 0.408 e. The molecule has 1 aliphatic rings. The van der Waals surface area contributed by atoms with Gasteiger partial charge in [-0.05, 0) is 37.0 Å². The Labute approximate surface area is 188 Å². The normalized spacial score (nSPS) is 16.2. The van der Waals surface area contributed by atoms with Crippen LogP contribution >= 0.6 is 12.4 Å². The maximum atomic E-state index is 12.7. The third-order valence-corrected chi connectivity index (χ3v) is 4.98. The Morgan fingerprint density at radius 2 is 1.97 bits per heavy atom. The average Bonchev–Trinajstić information content (AvgIpc) is 3.09. The van der Waals surface area contributed by atoms with Gasteiger partial charge in [-0.1, -0.05) is 26.0 Å². The summed E-state index contributed by atoms with van der Waals surface area (Å²) in [6, 6.07) is 3.57. The van der Waals surface area contributed by atoms with E-state index in [1.807, 2.05) is 6.07 Å². The number of hydrogen-bond donors (Lipinski definition) is 5. The van der Waals surface area contributed by atoms with E-state index in [9.17, 15) is 24.6 Å². The molecule has 0 spiro atoms. The van der Waals surface area contributed by atoms with Gasteiger partial charge >= 0.3 is 6.09 Å². The SMILES string of the molecule is C=CCN(C(=O)O)[C@H](C(=O)N[C@@H](C)C(=O)Nc1ccc2c(c1)N[C@H](CO)C2)C(C)C.Cl. The molecule has 0 aliphatic carbocycles. The van der Waals surface area contributed by atoms with Crippen LogP contribution in [0.25, 0.3) is 0 Å². The van der Waals surface area contributed by atoms with Crippen LogP contribution in [0.5, 0.6) is 0 Å². The van der Waals surface area contributed by atoms with Gasteiger partial charge in [-0.3, -0.25) is 14.5 Å². The first-order chi connectivity index (χ1) is 14.2. The van der Waals surface area contributed by atoms with Crippen molar-refractivity contribution in [1.82, 2.24) is 10.2 Å². The molecule has 172 valence electrons. The van der Waals surface area contributed by atoms with Crippen LogP contribution in [0.2, 0.25) is 0 Å². The van der Waals surface area contributed by atoms with E-state index in [1.165, 1.54) is 13.0 Å². The lowest BCUT2D eigenvalue weighted by atomic mass is 10.0. The Morgan fingerprint density at radius 3 is 2.52 bits per heavy atom. The summed E-state index contributed by atoms with van der Waals surface area (Å²) in [5.41, 5.74) is 2.47. The molecule has 1 heterocycles. The molecular formula is C21H31ClN4O5. The van der Waals surface area contributed by atoms with Crippen molar-refractivity contribution >= 4 is 41.7 Å². The van der Waals surface area contributed by atoms with Crippen LogP contribution in [-0.2, 0) is 16.0 Å². The Bertz CT molecular complexity index is 817. The van der Waals surface area contributed by atoms with Gasteiger partial charge in [0.05, 0.1) is 12.6 Å². The fraction of sp³-hybridized carbons (Fsp3) is 0.476. The molecule has 10 heteroatoms. The molecule has 0 unspecified atom stereocenters. The largest absolute Gasteiger partial charge is 0.465 e. The summed E-state index contributed by atoms with van der Waals surface area (Å²) >= 11 is 0. The predicted molar refractivity (Wildman–Crippen MR) is 122 cm³/mol. The summed E-state index contributed by atoms with van der Waals surface area (Å²) in [6.45, 7) is 8.58. The average molecular weight is 455 g/mol. The van der Waals surface area contributed by atoms with E-state index in [2.05, 4.69) is 22.5 Å². The number of aliphatic hydroxyl groups excluding tert-OH is 1. The van der Waals surface area contributed by atoms with Crippen LogP contribution in [-0.4, -0.2) is 64.3 Å². The van der Waals surface area contributed by atoms with Crippen LogP contribution < -0.4 is 16.0 Å². The number of carboxylic acid groups (broad SMARTS) is 1. The Hall–Kier alpha value is -2.78. The second-order valence-electron chi connectivity index (χ2n) is 7.73. The topological polar surface area (TPSA) is 131 Å². The van der Waals surface area contributed by atoms with Crippen molar-refractivity contribution in [3.8, 4) is 0 Å². The van der Waals surface area contributed by atoms with Gasteiger partial charge in [-0.2, -0.15) is 0 Å². The second kappa shape index (κ2) is 11.6. The Kier molecular flexibility index (Phi) is 9.80. The number of nitrogens with zero attached hydrogens (tertiary/aromatic N) is 1. The summed E-state index contributed by atoms with van der Waals surface area (Å²) in [5, 5.41) is 27.2. The van der Waals surface area contributed by atoms with Gasteiger partial charge in [0, 0.05) is 17.9 Å². The highest BCUT2D eigenvalue weighted by Crippen LogP contribution is 2.28. The number of halogens is 1. The predicted octanol–water partition coefficient (Wildman–Crippen LogP) is 2.07. The fourth-order valence-corrected chi connectivity index (χ4v) is 3.48. The monoisotopic (exact) mass is 454 g/mol. The highest BCUT2D eigenvalue weighted by atomic mass is 35.5. The summed E-state index contributed by atoms with van der Waals surface area (Å²) < 4.78 is 0. The van der Waals surface area contributed by atoms with Crippen molar-refractivity contribution < 1.29 is 24.6 Å². The summed E-state index contributed by atoms with van der Waals surface area (Å²) in [6.07, 6.45) is 0.900. The van der Waals surface area contributed by atoms with Crippen LogP contribution in [0.3, 0.4) is 0 Å². The minimum atomic E-state index is -1.23. The first kappa shape index (κ1) is 26.3. The molecule has 3 amide bonds. The highest BCUT2D eigenvalue weighted by molar-refractivity contribution is 5.98. The molecule has 0 bridgehead atoms. The summed E-state index contributed by atoms with van der Waals surface area (Å²) in [7, 11) is 0. The number of hydrogen-bond acceptors (Lipinski definition) is 5. The van der Waals surface area contributed by atoms with Crippen molar-refractivity contribution in [3.63, 3.8) is 0 Å². The number of anilines is 2. The standard InChI is InChI=1S/C21H30N4O5.ClH/c1-5-8-25(21(29)30)18(12(2)3)20(28)22-13(4)19(27)24-15-7-6-14-9-16(11-26)23-17(14)10-15;/h5-7,10,12-13,16,18,23,26H,1,8-9,11H2,2-4H3,(H,22,28)(H,24,27)(H,29,30);1H/t13-,16-,18-;/m0./s1. The van der Waals surface area contributed by atoms with Crippen LogP contribution in [0.4, 0.5) is 16.2 Å². The van der Waals surface area contributed by atoms with Crippen LogP contribution in [0.15, 0.2) is 30.9 Å². The van der Waals surface area contributed by atoms with E-state index in [1.54, 1.807) is 26.0 Å². The van der Waals surface area contributed by atoms with E-state index in [4.69, 9.17) is 0 Å². The number of amides is 3. The number of carbonyl (C=O) groups excluding carboxylic acids is 2. The molecule has 2 rings (SSSR count). The van der Waals surface area contributed by atoms with E-state index in [0.29, 0.717) is 12.1 Å². The third kappa shape index (κ3) is 6.60. The van der Waals surface area contributed by atoms with E-state index in [-0.39, 0.29) is 37.5 Å². The first-order valence-corrected chi connectivity index (χ1v) is 9.89. The maximum absolute atomic E-state index is 12.7. The number of carbonyl (C=O) groups is 3. The molecule has 1 aromatic rings. The Balaban J connectivity index is 0.00000480. The number of aliphatic hydroxyl groups is 1. The van der Waals surface area contributed by atoms with Gasteiger partial charge < -0.3 is 26.2 Å². The van der Waals surface area contributed by atoms with Crippen LogP contribution in [0, 0.1) is 5.92 Å². The highest BCUT2D eigenvalue weighted by Gasteiger charge is 2.33. The molecule has 0 radical (unpaired) electrons. The van der Waals surface area contributed by atoms with Gasteiger partial charge in [0.2, 0.25) is 11.8 Å². The van der Waals surface area contributed by atoms with Gasteiger partial charge in [-0.25, -0.2) is 4.79 Å². The zero-order valence-corrected chi connectivity index (χ0v) is 18.7.